The summed E-state index contributed by atoms with van der Waals surface area (Å²) in [5.74, 6) is 1.35. The Labute approximate surface area is 182 Å². The summed E-state index contributed by atoms with van der Waals surface area (Å²) in [6, 6.07) is 0.459. The molecule has 2 aliphatic heterocycles. The van der Waals surface area contributed by atoms with E-state index < -0.39 is 10.0 Å². The van der Waals surface area contributed by atoms with Gasteiger partial charge < -0.3 is 10.6 Å². The Balaban J connectivity index is 0.00000364. The average molecular weight is 513 g/mol. The van der Waals surface area contributed by atoms with Gasteiger partial charge in [0.1, 0.15) is 0 Å². The minimum atomic E-state index is -3.05. The van der Waals surface area contributed by atoms with E-state index in [9.17, 15) is 8.42 Å². The van der Waals surface area contributed by atoms with Gasteiger partial charge in [-0.3, -0.25) is 9.89 Å². The molecule has 0 atom stereocenters. The maximum absolute atomic E-state index is 11.6. The Morgan fingerprint density at radius 3 is 2.33 bits per heavy atom. The van der Waals surface area contributed by atoms with E-state index >= 15 is 0 Å². The Hall–Kier alpha value is -0.390. The van der Waals surface area contributed by atoms with Gasteiger partial charge in [0.05, 0.1) is 6.26 Å². The van der Waals surface area contributed by atoms with Crippen LogP contribution in [-0.4, -0.2) is 81.7 Å². The molecule has 2 fully saturated rings. The van der Waals surface area contributed by atoms with Crippen molar-refractivity contribution in [1.82, 2.24) is 19.8 Å². The van der Waals surface area contributed by atoms with Gasteiger partial charge in [-0.05, 0) is 38.5 Å². The molecule has 0 unspecified atom stereocenters. The lowest BCUT2D eigenvalue weighted by molar-refractivity contribution is 0.225. The van der Waals surface area contributed by atoms with Gasteiger partial charge in [0, 0.05) is 51.9 Å². The lowest BCUT2D eigenvalue weighted by Crippen LogP contribution is -2.49. The molecule has 9 heteroatoms. The van der Waals surface area contributed by atoms with Gasteiger partial charge in [-0.15, -0.1) is 30.6 Å². The molecule has 2 rings (SSSR count). The van der Waals surface area contributed by atoms with Crippen molar-refractivity contribution in [1.29, 1.82) is 0 Å². The fourth-order valence-corrected chi connectivity index (χ4v) is 4.47. The molecular weight excluding hydrogens is 477 g/mol. The lowest BCUT2D eigenvalue weighted by atomic mass is 9.98. The first-order valence-electron chi connectivity index (χ1n) is 9.75. The summed E-state index contributed by atoms with van der Waals surface area (Å²) in [7, 11) is -3.05. The Morgan fingerprint density at radius 2 is 1.81 bits per heavy atom. The van der Waals surface area contributed by atoms with Gasteiger partial charge in [0.2, 0.25) is 10.0 Å². The quantitative estimate of drug-likeness (QED) is 0.234. The third-order valence-corrected chi connectivity index (χ3v) is 6.51. The number of aliphatic imine (C=N–C) groups is 1. The number of piperidine rings is 2. The van der Waals surface area contributed by atoms with Crippen LogP contribution < -0.4 is 10.6 Å². The number of rotatable bonds is 7. The number of likely N-dealkylation sites (tertiary alicyclic amines) is 1. The molecule has 27 heavy (non-hydrogen) atoms. The fourth-order valence-electron chi connectivity index (χ4n) is 3.60. The average Bonchev–Trinajstić information content (AvgIpc) is 2.61. The molecular formula is C18H36IN5O2S. The lowest BCUT2D eigenvalue weighted by Gasteiger charge is -2.32. The number of nitrogens with zero attached hydrogens (tertiary/aromatic N) is 3. The van der Waals surface area contributed by atoms with Crippen LogP contribution in [0.1, 0.15) is 32.6 Å². The summed E-state index contributed by atoms with van der Waals surface area (Å²) in [6.07, 6.45) is 7.26. The van der Waals surface area contributed by atoms with Crippen LogP contribution in [0.5, 0.6) is 0 Å². The molecule has 158 valence electrons. The first-order valence-corrected chi connectivity index (χ1v) is 11.6. The van der Waals surface area contributed by atoms with Crippen molar-refractivity contribution < 1.29 is 8.42 Å². The van der Waals surface area contributed by atoms with E-state index in [4.69, 9.17) is 4.99 Å². The number of nitrogens with one attached hydrogen (secondary N) is 2. The Morgan fingerprint density at radius 1 is 1.19 bits per heavy atom. The van der Waals surface area contributed by atoms with Crippen molar-refractivity contribution in [2.45, 2.75) is 38.6 Å². The van der Waals surface area contributed by atoms with Crippen LogP contribution in [0.25, 0.3) is 0 Å². The molecule has 0 amide bonds. The van der Waals surface area contributed by atoms with Gasteiger partial charge in [0.15, 0.2) is 5.96 Å². The van der Waals surface area contributed by atoms with Crippen molar-refractivity contribution in [3.63, 3.8) is 0 Å². The molecule has 0 aromatic heterocycles. The molecule has 7 nitrogen and oxygen atoms in total. The predicted octanol–water partition coefficient (Wildman–Crippen LogP) is 1.48. The Kier molecular flexibility index (Phi) is 11.2. The number of halogens is 1. The van der Waals surface area contributed by atoms with E-state index in [1.807, 2.05) is 6.08 Å². The number of hydrogen-bond acceptors (Lipinski definition) is 4. The minimum absolute atomic E-state index is 0. The zero-order valence-electron chi connectivity index (χ0n) is 16.7. The third kappa shape index (κ3) is 8.66. The number of hydrogen-bond donors (Lipinski definition) is 2. The Bertz CT molecular complexity index is 568. The van der Waals surface area contributed by atoms with Crippen molar-refractivity contribution in [3.8, 4) is 0 Å². The summed E-state index contributed by atoms with van der Waals surface area (Å²) >= 11 is 0. The molecule has 0 radical (unpaired) electrons. The summed E-state index contributed by atoms with van der Waals surface area (Å²) < 4.78 is 24.8. The number of guanidine groups is 1. The molecule has 0 saturated carbocycles. The first kappa shape index (κ1) is 24.6. The van der Waals surface area contributed by atoms with Gasteiger partial charge in [-0.2, -0.15) is 0 Å². The van der Waals surface area contributed by atoms with Gasteiger partial charge in [0.25, 0.3) is 0 Å². The van der Waals surface area contributed by atoms with E-state index in [2.05, 4.69) is 29.0 Å². The second-order valence-electron chi connectivity index (χ2n) is 7.33. The van der Waals surface area contributed by atoms with Gasteiger partial charge in [-0.25, -0.2) is 12.7 Å². The maximum Gasteiger partial charge on any atom is 0.211 e. The summed E-state index contributed by atoms with van der Waals surface area (Å²) in [4.78, 5) is 7.19. The van der Waals surface area contributed by atoms with E-state index in [-0.39, 0.29) is 24.0 Å². The van der Waals surface area contributed by atoms with Crippen LogP contribution in [0, 0.1) is 5.92 Å². The van der Waals surface area contributed by atoms with Crippen molar-refractivity contribution in [3.05, 3.63) is 12.7 Å². The molecule has 0 aliphatic carbocycles. The zero-order valence-corrected chi connectivity index (χ0v) is 19.8. The van der Waals surface area contributed by atoms with Crippen LogP contribution in [0.4, 0.5) is 0 Å². The van der Waals surface area contributed by atoms with Crippen LogP contribution in [0.15, 0.2) is 17.6 Å². The highest BCUT2D eigenvalue weighted by molar-refractivity contribution is 14.0. The van der Waals surface area contributed by atoms with Crippen molar-refractivity contribution >= 4 is 40.0 Å². The second kappa shape index (κ2) is 12.2. The molecule has 2 N–H and O–H groups in total. The first-order chi connectivity index (χ1) is 12.4. The highest BCUT2D eigenvalue weighted by atomic mass is 127. The molecule has 0 bridgehead atoms. The van der Waals surface area contributed by atoms with E-state index in [1.165, 1.54) is 6.26 Å². The van der Waals surface area contributed by atoms with Crippen LogP contribution in [0.3, 0.4) is 0 Å². The molecule has 2 aliphatic rings. The summed E-state index contributed by atoms with van der Waals surface area (Å²) in [6.45, 7) is 11.9. The van der Waals surface area contributed by atoms with E-state index in [0.717, 1.165) is 64.4 Å². The van der Waals surface area contributed by atoms with Gasteiger partial charge in [-0.1, -0.05) is 6.08 Å². The molecule has 2 saturated heterocycles. The number of sulfonamides is 1. The predicted molar refractivity (Wildman–Crippen MR) is 123 cm³/mol. The zero-order chi connectivity index (χ0) is 19.0. The summed E-state index contributed by atoms with van der Waals surface area (Å²) in [5.41, 5.74) is 0. The van der Waals surface area contributed by atoms with Crippen LogP contribution in [0.2, 0.25) is 0 Å². The monoisotopic (exact) mass is 513 g/mol. The molecule has 2 heterocycles. The van der Waals surface area contributed by atoms with E-state index in [0.29, 0.717) is 25.0 Å². The largest absolute Gasteiger partial charge is 0.357 e. The molecule has 0 aromatic carbocycles. The highest BCUT2D eigenvalue weighted by Crippen LogP contribution is 2.19. The van der Waals surface area contributed by atoms with Crippen LogP contribution in [-0.2, 0) is 10.0 Å². The maximum atomic E-state index is 11.6. The second-order valence-corrected chi connectivity index (χ2v) is 9.32. The highest BCUT2D eigenvalue weighted by Gasteiger charge is 2.25. The molecule has 0 spiro atoms. The minimum Gasteiger partial charge on any atom is -0.357 e. The van der Waals surface area contributed by atoms with Gasteiger partial charge >= 0.3 is 0 Å². The summed E-state index contributed by atoms with van der Waals surface area (Å²) in [5, 5.41) is 6.91. The third-order valence-electron chi connectivity index (χ3n) is 5.21. The van der Waals surface area contributed by atoms with Crippen LogP contribution >= 0.6 is 24.0 Å². The smallest absolute Gasteiger partial charge is 0.211 e. The molecule has 0 aromatic rings. The topological polar surface area (TPSA) is 77.0 Å². The SMILES string of the molecule is C=CCN1CCC(NC(=NCC2CCN(S(C)(=O)=O)CC2)NCC)CC1.I. The fraction of sp³-hybridized carbons (Fsp3) is 0.833. The van der Waals surface area contributed by atoms with Crippen molar-refractivity contribution in [2.24, 2.45) is 10.9 Å². The standard InChI is InChI=1S/C18H35N5O2S.HI/c1-4-10-22-11-8-17(9-12-22)21-18(19-5-2)20-15-16-6-13-23(14-7-16)26(3,24)25;/h4,16-17H,1,5-15H2,2-3H3,(H2,19,20,21);1H. The van der Waals surface area contributed by atoms with E-state index in [1.54, 1.807) is 4.31 Å². The normalized spacial score (nSPS) is 21.5. The van der Waals surface area contributed by atoms with Crippen molar-refractivity contribution in [2.75, 3.05) is 52.1 Å².